The third-order valence-electron chi connectivity index (χ3n) is 2.01. The van der Waals surface area contributed by atoms with Crippen LogP contribution in [-0.4, -0.2) is 12.6 Å². The summed E-state index contributed by atoms with van der Waals surface area (Å²) < 4.78 is 0. The smallest absolute Gasteiger partial charge is 0.0407 e. The van der Waals surface area contributed by atoms with Crippen LogP contribution in [0.1, 0.15) is 19.8 Å². The fraction of sp³-hybridized carbons (Fsp3) is 0.455. The third kappa shape index (κ3) is 4.49. The Kier molecular flexibility index (Phi) is 4.77. The van der Waals surface area contributed by atoms with Gasteiger partial charge in [-0.3, -0.25) is 0 Å². The van der Waals surface area contributed by atoms with Crippen LogP contribution in [0.5, 0.6) is 0 Å². The van der Waals surface area contributed by atoms with Gasteiger partial charge in [-0.15, -0.1) is 0 Å². The van der Waals surface area contributed by atoms with Crippen LogP contribution in [0.3, 0.4) is 0 Å². The van der Waals surface area contributed by atoms with E-state index in [-0.39, 0.29) is 0 Å². The van der Waals surface area contributed by atoms with Crippen LogP contribution < -0.4 is 11.1 Å². The zero-order chi connectivity index (χ0) is 10.4. The van der Waals surface area contributed by atoms with Crippen molar-refractivity contribution in [1.82, 2.24) is 0 Å². The van der Waals surface area contributed by atoms with Crippen molar-refractivity contribution < 1.29 is 0 Å². The summed E-state index contributed by atoms with van der Waals surface area (Å²) in [7, 11) is 0. The van der Waals surface area contributed by atoms with E-state index in [4.69, 9.17) is 17.3 Å². The SMILES string of the molecule is CC(N)CCCNc1ccc(Cl)cc1. The van der Waals surface area contributed by atoms with Crippen molar-refractivity contribution in [3.63, 3.8) is 0 Å². The van der Waals surface area contributed by atoms with E-state index in [2.05, 4.69) is 5.32 Å². The average Bonchev–Trinajstić information content (AvgIpc) is 2.15. The van der Waals surface area contributed by atoms with Gasteiger partial charge in [-0.25, -0.2) is 0 Å². The van der Waals surface area contributed by atoms with Crippen molar-refractivity contribution >= 4 is 17.3 Å². The van der Waals surface area contributed by atoms with E-state index in [1.807, 2.05) is 31.2 Å². The summed E-state index contributed by atoms with van der Waals surface area (Å²) in [6.45, 7) is 2.99. The van der Waals surface area contributed by atoms with Gasteiger partial charge < -0.3 is 11.1 Å². The lowest BCUT2D eigenvalue weighted by molar-refractivity contribution is 0.639. The van der Waals surface area contributed by atoms with E-state index in [1.165, 1.54) is 0 Å². The Hall–Kier alpha value is -0.730. The molecule has 1 rings (SSSR count). The van der Waals surface area contributed by atoms with Crippen molar-refractivity contribution in [2.24, 2.45) is 5.73 Å². The lowest BCUT2D eigenvalue weighted by Gasteiger charge is -2.07. The molecule has 0 aliphatic carbocycles. The number of benzene rings is 1. The molecule has 14 heavy (non-hydrogen) atoms. The minimum atomic E-state index is 0.294. The molecule has 0 bridgehead atoms. The standard InChI is InChI=1S/C11H17ClN2/c1-9(13)3-2-8-14-11-6-4-10(12)5-7-11/h4-7,9,14H,2-3,8,13H2,1H3. The number of rotatable bonds is 5. The predicted octanol–water partition coefficient (Wildman–Crippen LogP) is 2.88. The second-order valence-corrected chi connectivity index (χ2v) is 3.99. The highest BCUT2D eigenvalue weighted by atomic mass is 35.5. The van der Waals surface area contributed by atoms with Gasteiger partial charge in [0.05, 0.1) is 0 Å². The average molecular weight is 213 g/mol. The van der Waals surface area contributed by atoms with E-state index in [1.54, 1.807) is 0 Å². The number of anilines is 1. The highest BCUT2D eigenvalue weighted by molar-refractivity contribution is 6.30. The minimum Gasteiger partial charge on any atom is -0.385 e. The second kappa shape index (κ2) is 5.89. The largest absolute Gasteiger partial charge is 0.385 e. The molecule has 0 saturated heterocycles. The van der Waals surface area contributed by atoms with E-state index >= 15 is 0 Å². The quantitative estimate of drug-likeness (QED) is 0.737. The fourth-order valence-electron chi connectivity index (χ4n) is 1.22. The summed E-state index contributed by atoms with van der Waals surface area (Å²) in [5.74, 6) is 0. The number of hydrogen-bond acceptors (Lipinski definition) is 2. The van der Waals surface area contributed by atoms with Gasteiger partial charge in [-0.2, -0.15) is 0 Å². The molecule has 1 aromatic rings. The molecule has 1 aromatic carbocycles. The normalized spacial score (nSPS) is 12.5. The van der Waals surface area contributed by atoms with E-state index in [0.717, 1.165) is 30.1 Å². The van der Waals surface area contributed by atoms with Gasteiger partial charge in [0, 0.05) is 23.3 Å². The summed E-state index contributed by atoms with van der Waals surface area (Å²) in [6.07, 6.45) is 2.15. The molecular formula is C11H17ClN2. The number of nitrogens with two attached hydrogens (primary N) is 1. The molecule has 2 nitrogen and oxygen atoms in total. The first-order chi connectivity index (χ1) is 6.68. The zero-order valence-electron chi connectivity index (χ0n) is 8.46. The molecule has 0 spiro atoms. The Morgan fingerprint density at radius 3 is 2.57 bits per heavy atom. The van der Waals surface area contributed by atoms with Crippen molar-refractivity contribution in [3.05, 3.63) is 29.3 Å². The Morgan fingerprint density at radius 2 is 2.00 bits per heavy atom. The van der Waals surface area contributed by atoms with Crippen LogP contribution in [0, 0.1) is 0 Å². The molecule has 1 unspecified atom stereocenters. The van der Waals surface area contributed by atoms with Crippen LogP contribution in [-0.2, 0) is 0 Å². The van der Waals surface area contributed by atoms with Gasteiger partial charge in [0.1, 0.15) is 0 Å². The molecular weight excluding hydrogens is 196 g/mol. The maximum atomic E-state index is 5.77. The van der Waals surface area contributed by atoms with Crippen LogP contribution in [0.15, 0.2) is 24.3 Å². The van der Waals surface area contributed by atoms with Crippen LogP contribution >= 0.6 is 11.6 Å². The van der Waals surface area contributed by atoms with Crippen molar-refractivity contribution in [2.45, 2.75) is 25.8 Å². The molecule has 78 valence electrons. The Labute approximate surface area is 90.4 Å². The number of nitrogens with one attached hydrogen (secondary N) is 1. The molecule has 0 heterocycles. The van der Waals surface area contributed by atoms with Gasteiger partial charge >= 0.3 is 0 Å². The summed E-state index contributed by atoms with van der Waals surface area (Å²) in [6, 6.07) is 8.02. The third-order valence-corrected chi connectivity index (χ3v) is 2.26. The fourth-order valence-corrected chi connectivity index (χ4v) is 1.35. The lowest BCUT2D eigenvalue weighted by Crippen LogP contribution is -2.16. The van der Waals surface area contributed by atoms with Crippen LogP contribution in [0.25, 0.3) is 0 Å². The first-order valence-corrected chi connectivity index (χ1v) is 5.31. The molecule has 0 aliphatic rings. The summed E-state index contributed by atoms with van der Waals surface area (Å²) >= 11 is 5.77. The zero-order valence-corrected chi connectivity index (χ0v) is 9.22. The molecule has 0 aliphatic heterocycles. The molecule has 3 heteroatoms. The highest BCUT2D eigenvalue weighted by Crippen LogP contribution is 2.13. The maximum absolute atomic E-state index is 5.77. The lowest BCUT2D eigenvalue weighted by atomic mass is 10.2. The van der Waals surface area contributed by atoms with E-state index in [0.29, 0.717) is 6.04 Å². The minimum absolute atomic E-state index is 0.294. The van der Waals surface area contributed by atoms with Crippen LogP contribution in [0.2, 0.25) is 5.02 Å². The number of halogens is 1. The maximum Gasteiger partial charge on any atom is 0.0407 e. The van der Waals surface area contributed by atoms with Crippen LogP contribution in [0.4, 0.5) is 5.69 Å². The van der Waals surface area contributed by atoms with Crippen molar-refractivity contribution in [3.8, 4) is 0 Å². The summed E-state index contributed by atoms with van der Waals surface area (Å²) in [5.41, 5.74) is 6.76. The predicted molar refractivity (Wildman–Crippen MR) is 62.8 cm³/mol. The summed E-state index contributed by atoms with van der Waals surface area (Å²) in [5, 5.41) is 4.08. The Morgan fingerprint density at radius 1 is 1.36 bits per heavy atom. The molecule has 0 radical (unpaired) electrons. The molecule has 0 aromatic heterocycles. The second-order valence-electron chi connectivity index (χ2n) is 3.55. The first kappa shape index (κ1) is 11.3. The number of hydrogen-bond donors (Lipinski definition) is 2. The topological polar surface area (TPSA) is 38.0 Å². The van der Waals surface area contributed by atoms with Gasteiger partial charge in [0.15, 0.2) is 0 Å². The Balaban J connectivity index is 2.21. The Bertz CT molecular complexity index is 256. The molecule has 0 saturated carbocycles. The molecule has 3 N–H and O–H groups in total. The van der Waals surface area contributed by atoms with E-state index in [9.17, 15) is 0 Å². The van der Waals surface area contributed by atoms with Gasteiger partial charge in [-0.1, -0.05) is 11.6 Å². The van der Waals surface area contributed by atoms with Gasteiger partial charge in [-0.05, 0) is 44.0 Å². The summed E-state index contributed by atoms with van der Waals surface area (Å²) in [4.78, 5) is 0. The monoisotopic (exact) mass is 212 g/mol. The molecule has 0 amide bonds. The van der Waals surface area contributed by atoms with Gasteiger partial charge in [0.25, 0.3) is 0 Å². The highest BCUT2D eigenvalue weighted by Gasteiger charge is 1.94. The van der Waals surface area contributed by atoms with E-state index < -0.39 is 0 Å². The molecule has 1 atom stereocenters. The first-order valence-electron chi connectivity index (χ1n) is 4.93. The van der Waals surface area contributed by atoms with Crippen molar-refractivity contribution in [1.29, 1.82) is 0 Å². The van der Waals surface area contributed by atoms with Crippen molar-refractivity contribution in [2.75, 3.05) is 11.9 Å². The van der Waals surface area contributed by atoms with Gasteiger partial charge in [0.2, 0.25) is 0 Å². The molecule has 0 fully saturated rings.